The third-order valence-electron chi connectivity index (χ3n) is 3.15. The van der Waals surface area contributed by atoms with E-state index in [2.05, 4.69) is 26.1 Å². The lowest BCUT2D eigenvalue weighted by atomic mass is 9.86. The van der Waals surface area contributed by atoms with Gasteiger partial charge in [0.2, 0.25) is 0 Å². The standard InChI is InChI=1S/C15H23NO3/c1-10(14(18)19)16-9-13(17)11-5-7-12(8-6-11)15(2,3)4/h5-8,10,13,16-17H,9H2,1-4H3,(H,18,19). The molecular formula is C15H23NO3. The molecule has 3 N–H and O–H groups in total. The summed E-state index contributed by atoms with van der Waals surface area (Å²) in [6, 6.07) is 7.11. The Morgan fingerprint density at radius 3 is 2.21 bits per heavy atom. The average molecular weight is 265 g/mol. The van der Waals surface area contributed by atoms with Crippen LogP contribution in [0.15, 0.2) is 24.3 Å². The van der Waals surface area contributed by atoms with Crippen LogP contribution in [0.25, 0.3) is 0 Å². The summed E-state index contributed by atoms with van der Waals surface area (Å²) in [6.07, 6.45) is -0.698. The first-order valence-corrected chi connectivity index (χ1v) is 6.46. The molecule has 0 aliphatic rings. The number of aliphatic hydroxyl groups excluding tert-OH is 1. The van der Waals surface area contributed by atoms with Gasteiger partial charge in [0.05, 0.1) is 6.10 Å². The Kier molecular flexibility index (Phi) is 5.09. The molecule has 1 rings (SSSR count). The first-order valence-electron chi connectivity index (χ1n) is 6.46. The van der Waals surface area contributed by atoms with Crippen molar-refractivity contribution in [2.24, 2.45) is 0 Å². The summed E-state index contributed by atoms with van der Waals surface area (Å²) in [5.74, 6) is -0.921. The fourth-order valence-electron chi connectivity index (χ4n) is 1.70. The van der Waals surface area contributed by atoms with Crippen molar-refractivity contribution in [1.29, 1.82) is 0 Å². The van der Waals surface area contributed by atoms with Crippen LogP contribution in [0.2, 0.25) is 0 Å². The number of carboxylic acids is 1. The second-order valence-electron chi connectivity index (χ2n) is 5.86. The Morgan fingerprint density at radius 2 is 1.79 bits per heavy atom. The lowest BCUT2D eigenvalue weighted by molar-refractivity contribution is -0.139. The molecule has 0 amide bonds. The molecule has 0 aliphatic carbocycles. The Morgan fingerprint density at radius 1 is 1.26 bits per heavy atom. The minimum absolute atomic E-state index is 0.0829. The number of rotatable bonds is 5. The number of hydrogen-bond acceptors (Lipinski definition) is 3. The largest absolute Gasteiger partial charge is 0.480 e. The summed E-state index contributed by atoms with van der Waals surface area (Å²) in [4.78, 5) is 10.7. The Balaban J connectivity index is 2.63. The molecule has 4 nitrogen and oxygen atoms in total. The van der Waals surface area contributed by atoms with Gasteiger partial charge in [-0.1, -0.05) is 45.0 Å². The van der Waals surface area contributed by atoms with E-state index in [1.165, 1.54) is 5.56 Å². The van der Waals surface area contributed by atoms with Crippen LogP contribution in [-0.2, 0) is 10.2 Å². The smallest absolute Gasteiger partial charge is 0.320 e. The van der Waals surface area contributed by atoms with Crippen molar-refractivity contribution in [3.05, 3.63) is 35.4 Å². The molecule has 4 heteroatoms. The second kappa shape index (κ2) is 6.17. The van der Waals surface area contributed by atoms with Gasteiger partial charge in [-0.05, 0) is 23.5 Å². The zero-order valence-electron chi connectivity index (χ0n) is 12.0. The van der Waals surface area contributed by atoms with Crippen molar-refractivity contribution < 1.29 is 15.0 Å². The Bertz CT molecular complexity index is 420. The van der Waals surface area contributed by atoms with Gasteiger partial charge >= 0.3 is 5.97 Å². The van der Waals surface area contributed by atoms with Crippen LogP contribution in [0, 0.1) is 0 Å². The van der Waals surface area contributed by atoms with E-state index in [0.717, 1.165) is 5.56 Å². The molecule has 0 aromatic heterocycles. The molecular weight excluding hydrogens is 242 g/mol. The molecule has 106 valence electrons. The Hall–Kier alpha value is -1.39. The molecule has 19 heavy (non-hydrogen) atoms. The van der Waals surface area contributed by atoms with Crippen LogP contribution < -0.4 is 5.32 Å². The van der Waals surface area contributed by atoms with Crippen molar-refractivity contribution in [1.82, 2.24) is 5.32 Å². The van der Waals surface area contributed by atoms with Crippen LogP contribution >= 0.6 is 0 Å². The number of nitrogens with one attached hydrogen (secondary N) is 1. The van der Waals surface area contributed by atoms with Crippen LogP contribution in [0.3, 0.4) is 0 Å². The van der Waals surface area contributed by atoms with E-state index in [0.29, 0.717) is 0 Å². The molecule has 0 aliphatic heterocycles. The average Bonchev–Trinajstić information content (AvgIpc) is 2.34. The molecule has 2 atom stereocenters. The summed E-state index contributed by atoms with van der Waals surface area (Å²) < 4.78 is 0. The van der Waals surface area contributed by atoms with Crippen molar-refractivity contribution >= 4 is 5.97 Å². The van der Waals surface area contributed by atoms with Crippen molar-refractivity contribution in [3.63, 3.8) is 0 Å². The predicted octanol–water partition coefficient (Wildman–Crippen LogP) is 2.08. The summed E-state index contributed by atoms with van der Waals surface area (Å²) in [5, 5.41) is 21.5. The van der Waals surface area contributed by atoms with Crippen LogP contribution in [-0.4, -0.2) is 28.8 Å². The van der Waals surface area contributed by atoms with Gasteiger partial charge in [0.15, 0.2) is 0 Å². The predicted molar refractivity (Wildman–Crippen MR) is 75.2 cm³/mol. The molecule has 0 spiro atoms. The molecule has 0 saturated carbocycles. The number of carboxylic acid groups (broad SMARTS) is 1. The minimum atomic E-state index is -0.921. The third-order valence-corrected chi connectivity index (χ3v) is 3.15. The molecule has 1 aromatic rings. The van der Waals surface area contributed by atoms with Gasteiger partial charge in [0.25, 0.3) is 0 Å². The lowest BCUT2D eigenvalue weighted by Gasteiger charge is -2.20. The van der Waals surface area contributed by atoms with E-state index < -0.39 is 18.1 Å². The van der Waals surface area contributed by atoms with Crippen molar-refractivity contribution in [3.8, 4) is 0 Å². The maximum atomic E-state index is 10.7. The first-order chi connectivity index (χ1) is 8.71. The summed E-state index contributed by atoms with van der Waals surface area (Å²) in [6.45, 7) is 8.18. The first kappa shape index (κ1) is 15.7. The zero-order chi connectivity index (χ0) is 14.6. The maximum Gasteiger partial charge on any atom is 0.320 e. The van der Waals surface area contributed by atoms with Gasteiger partial charge in [-0.2, -0.15) is 0 Å². The summed E-state index contributed by atoms with van der Waals surface area (Å²) in [7, 11) is 0. The third kappa shape index (κ3) is 4.65. The summed E-state index contributed by atoms with van der Waals surface area (Å²) in [5.41, 5.74) is 2.08. The van der Waals surface area contributed by atoms with Gasteiger partial charge in [0.1, 0.15) is 6.04 Å². The fourth-order valence-corrected chi connectivity index (χ4v) is 1.70. The lowest BCUT2D eigenvalue weighted by Crippen LogP contribution is -2.36. The zero-order valence-corrected chi connectivity index (χ0v) is 12.0. The highest BCUT2D eigenvalue weighted by atomic mass is 16.4. The highest BCUT2D eigenvalue weighted by molar-refractivity contribution is 5.72. The number of carbonyl (C=O) groups is 1. The quantitative estimate of drug-likeness (QED) is 0.762. The topological polar surface area (TPSA) is 69.6 Å². The highest BCUT2D eigenvalue weighted by Crippen LogP contribution is 2.23. The van der Waals surface area contributed by atoms with E-state index in [1.807, 2.05) is 24.3 Å². The number of benzene rings is 1. The van der Waals surface area contributed by atoms with E-state index in [9.17, 15) is 9.90 Å². The fraction of sp³-hybridized carbons (Fsp3) is 0.533. The molecule has 0 bridgehead atoms. The molecule has 2 unspecified atom stereocenters. The van der Waals surface area contributed by atoms with E-state index in [-0.39, 0.29) is 12.0 Å². The Labute approximate surface area is 114 Å². The van der Waals surface area contributed by atoms with Crippen LogP contribution in [0.1, 0.15) is 44.9 Å². The van der Waals surface area contributed by atoms with Crippen molar-refractivity contribution in [2.45, 2.75) is 45.3 Å². The van der Waals surface area contributed by atoms with Gasteiger partial charge in [-0.15, -0.1) is 0 Å². The monoisotopic (exact) mass is 265 g/mol. The SMILES string of the molecule is CC(NCC(O)c1ccc(C(C)(C)C)cc1)C(=O)O. The van der Waals surface area contributed by atoms with Crippen LogP contribution in [0.4, 0.5) is 0 Å². The molecule has 0 saturated heterocycles. The molecule has 0 fully saturated rings. The number of aliphatic carboxylic acids is 1. The second-order valence-corrected chi connectivity index (χ2v) is 5.86. The van der Waals surface area contributed by atoms with Crippen molar-refractivity contribution in [2.75, 3.05) is 6.54 Å². The maximum absolute atomic E-state index is 10.7. The number of hydrogen-bond donors (Lipinski definition) is 3. The normalized spacial score (nSPS) is 15.0. The van der Waals surface area contributed by atoms with E-state index in [1.54, 1.807) is 6.92 Å². The molecule has 1 aromatic carbocycles. The minimum Gasteiger partial charge on any atom is -0.480 e. The molecule has 0 heterocycles. The van der Waals surface area contributed by atoms with Gasteiger partial charge in [-0.3, -0.25) is 4.79 Å². The molecule has 0 radical (unpaired) electrons. The highest BCUT2D eigenvalue weighted by Gasteiger charge is 2.16. The number of aliphatic hydroxyl groups is 1. The summed E-state index contributed by atoms with van der Waals surface area (Å²) >= 11 is 0. The van der Waals surface area contributed by atoms with Gasteiger partial charge < -0.3 is 15.5 Å². The van der Waals surface area contributed by atoms with E-state index >= 15 is 0 Å². The van der Waals surface area contributed by atoms with Gasteiger partial charge in [-0.25, -0.2) is 0 Å². The van der Waals surface area contributed by atoms with E-state index in [4.69, 9.17) is 5.11 Å². The van der Waals surface area contributed by atoms with Gasteiger partial charge in [0, 0.05) is 6.54 Å². The van der Waals surface area contributed by atoms with Crippen LogP contribution in [0.5, 0.6) is 0 Å².